The van der Waals surface area contributed by atoms with Crippen LogP contribution in [-0.4, -0.2) is 77.4 Å². The maximum Gasteiger partial charge on any atom is 0.342 e. The van der Waals surface area contributed by atoms with E-state index >= 15 is 0 Å². The molecule has 13 nitrogen and oxygen atoms in total. The summed E-state index contributed by atoms with van der Waals surface area (Å²) in [5.74, 6) is -1.17. The Bertz CT molecular complexity index is 971. The number of nitrogens with zero attached hydrogens (tertiary/aromatic N) is 2. The minimum Gasteiger partial charge on any atom is -0.477 e. The van der Waals surface area contributed by atoms with E-state index in [1.54, 1.807) is 6.92 Å². The summed E-state index contributed by atoms with van der Waals surface area (Å²) < 4.78 is 59.8. The minimum absolute atomic E-state index is 0.0538. The Hall–Kier alpha value is -2.14. The van der Waals surface area contributed by atoms with E-state index in [1.807, 2.05) is 0 Å². The van der Waals surface area contributed by atoms with Crippen molar-refractivity contribution in [3.8, 4) is 5.75 Å². The van der Waals surface area contributed by atoms with Gasteiger partial charge in [-0.2, -0.15) is 16.8 Å². The second-order valence-electron chi connectivity index (χ2n) is 5.93. The molecule has 0 aliphatic rings. The first kappa shape index (κ1) is 26.9. The molecule has 0 heterocycles. The summed E-state index contributed by atoms with van der Waals surface area (Å²) >= 11 is 0.933. The topological polar surface area (TPSA) is 180 Å². The number of carboxylic acids is 1. The number of anilines is 1. The van der Waals surface area contributed by atoms with Crippen LogP contribution in [0.1, 0.15) is 17.3 Å². The summed E-state index contributed by atoms with van der Waals surface area (Å²) in [5.41, 5.74) is -1.28. The van der Waals surface area contributed by atoms with Crippen molar-refractivity contribution in [3.63, 3.8) is 0 Å². The first-order chi connectivity index (χ1) is 14.2. The van der Waals surface area contributed by atoms with Crippen LogP contribution < -0.4 is 9.08 Å². The Balaban J connectivity index is 3.42. The zero-order chi connectivity index (χ0) is 23.8. The average Bonchev–Trinajstić information content (AvgIpc) is 2.62. The smallest absolute Gasteiger partial charge is 0.342 e. The molecule has 31 heavy (non-hydrogen) atoms. The summed E-state index contributed by atoms with van der Waals surface area (Å²) in [5, 5.41) is 20.7. The molecule has 0 saturated heterocycles. The molecule has 16 heteroatoms. The third-order valence-electron chi connectivity index (χ3n) is 3.43. The molecule has 1 aromatic carbocycles. The maximum atomic E-state index is 11.5. The van der Waals surface area contributed by atoms with E-state index in [0.29, 0.717) is 5.75 Å². The quantitative estimate of drug-likeness (QED) is 0.165. The molecule has 0 bridgehead atoms. The van der Waals surface area contributed by atoms with Gasteiger partial charge in [-0.1, -0.05) is 6.92 Å². The number of hydrogen-bond acceptors (Lipinski definition) is 12. The molecule has 0 spiro atoms. The molecule has 176 valence electrons. The second-order valence-corrected chi connectivity index (χ2v) is 10.2. The molecule has 1 rings (SSSR count). The number of benzene rings is 1. The maximum absolute atomic E-state index is 11.5. The number of rotatable bonds is 14. The van der Waals surface area contributed by atoms with Gasteiger partial charge in [-0.05, 0) is 6.07 Å². The molecular formula is C15H22N2O11S3. The van der Waals surface area contributed by atoms with Crippen molar-refractivity contribution in [1.29, 1.82) is 0 Å². The Morgan fingerprint density at radius 3 is 2.03 bits per heavy atom. The van der Waals surface area contributed by atoms with Crippen molar-refractivity contribution >= 4 is 49.6 Å². The van der Waals surface area contributed by atoms with Crippen LogP contribution in [0.15, 0.2) is 12.1 Å². The van der Waals surface area contributed by atoms with E-state index in [1.165, 1.54) is 4.90 Å². The first-order valence-electron chi connectivity index (χ1n) is 8.54. The summed E-state index contributed by atoms with van der Waals surface area (Å²) in [4.78, 5) is 23.3. The predicted molar refractivity (Wildman–Crippen MR) is 113 cm³/mol. The normalized spacial score (nSPS) is 11.8. The van der Waals surface area contributed by atoms with Crippen molar-refractivity contribution in [2.75, 3.05) is 49.5 Å². The van der Waals surface area contributed by atoms with Crippen molar-refractivity contribution in [2.45, 2.75) is 6.92 Å². The SMILES string of the molecule is CCSOc1cc([N+](=O)[O-])c(C(=O)O)cc1N(CCOS(C)(=O)=O)CCOS(C)(=O)=O. The zero-order valence-corrected chi connectivity index (χ0v) is 19.3. The van der Waals surface area contributed by atoms with Crippen LogP contribution >= 0.6 is 12.0 Å². The Labute approximate surface area is 183 Å². The van der Waals surface area contributed by atoms with Gasteiger partial charge in [0.25, 0.3) is 25.9 Å². The molecule has 0 aliphatic carbocycles. The number of nitro benzene ring substituents is 1. The Morgan fingerprint density at radius 2 is 1.65 bits per heavy atom. The second kappa shape index (κ2) is 11.5. The lowest BCUT2D eigenvalue weighted by Crippen LogP contribution is -2.32. The lowest BCUT2D eigenvalue weighted by molar-refractivity contribution is -0.385. The molecule has 0 aromatic heterocycles. The molecule has 0 unspecified atom stereocenters. The fourth-order valence-corrected chi connectivity index (χ4v) is 3.40. The molecule has 1 N–H and O–H groups in total. The van der Waals surface area contributed by atoms with Gasteiger partial charge >= 0.3 is 5.97 Å². The highest BCUT2D eigenvalue weighted by molar-refractivity contribution is 7.95. The third kappa shape index (κ3) is 9.69. The molecular weight excluding hydrogens is 480 g/mol. The van der Waals surface area contributed by atoms with E-state index < -0.39 is 42.4 Å². The molecule has 0 amide bonds. The van der Waals surface area contributed by atoms with Crippen molar-refractivity contribution in [1.82, 2.24) is 0 Å². The lowest BCUT2D eigenvalue weighted by atomic mass is 10.1. The molecule has 0 radical (unpaired) electrons. The van der Waals surface area contributed by atoms with Crippen LogP contribution in [0.4, 0.5) is 11.4 Å². The van der Waals surface area contributed by atoms with E-state index in [2.05, 4.69) is 0 Å². The van der Waals surface area contributed by atoms with Crippen LogP contribution in [0.3, 0.4) is 0 Å². The standard InChI is InChI=1S/C15H22N2O11S3/c1-4-29-28-14-10-12(17(20)21)11(15(18)19)9-13(14)16(5-7-26-30(2,22)23)6-8-27-31(3,24)25/h9-10H,4-8H2,1-3H3,(H,18,19). The fraction of sp³-hybridized carbons (Fsp3) is 0.533. The van der Waals surface area contributed by atoms with E-state index in [-0.39, 0.29) is 37.7 Å². The number of aromatic carboxylic acids is 1. The molecule has 1 aromatic rings. The van der Waals surface area contributed by atoms with Gasteiger partial charge < -0.3 is 14.2 Å². The fourth-order valence-electron chi connectivity index (χ4n) is 2.27. The van der Waals surface area contributed by atoms with E-state index in [0.717, 1.165) is 36.7 Å². The summed E-state index contributed by atoms with van der Waals surface area (Å²) in [6, 6.07) is 1.93. The van der Waals surface area contributed by atoms with E-state index in [9.17, 15) is 36.9 Å². The van der Waals surface area contributed by atoms with Gasteiger partial charge in [-0.15, -0.1) is 0 Å². The highest BCUT2D eigenvalue weighted by Gasteiger charge is 2.26. The van der Waals surface area contributed by atoms with Gasteiger partial charge in [0.15, 0.2) is 5.75 Å². The van der Waals surface area contributed by atoms with Crippen LogP contribution in [0.2, 0.25) is 0 Å². The molecule has 0 saturated carbocycles. The lowest BCUT2D eigenvalue weighted by Gasteiger charge is -2.26. The van der Waals surface area contributed by atoms with Gasteiger partial charge in [0.1, 0.15) is 5.56 Å². The van der Waals surface area contributed by atoms with Gasteiger partial charge in [-0.25, -0.2) is 4.79 Å². The van der Waals surface area contributed by atoms with Gasteiger partial charge in [0.2, 0.25) is 0 Å². The molecule has 0 fully saturated rings. The van der Waals surface area contributed by atoms with Crippen molar-refractivity contribution in [2.24, 2.45) is 0 Å². The van der Waals surface area contributed by atoms with Gasteiger partial charge in [0, 0.05) is 18.8 Å². The first-order valence-corrected chi connectivity index (χ1v) is 13.1. The number of carboxylic acid groups (broad SMARTS) is 1. The van der Waals surface area contributed by atoms with Crippen LogP contribution in [0.5, 0.6) is 5.75 Å². The number of hydrogen-bond donors (Lipinski definition) is 1. The zero-order valence-electron chi connectivity index (χ0n) is 16.8. The number of nitro groups is 1. The summed E-state index contributed by atoms with van der Waals surface area (Å²) in [6.07, 6.45) is 1.68. The van der Waals surface area contributed by atoms with Crippen molar-refractivity contribution in [3.05, 3.63) is 27.8 Å². The van der Waals surface area contributed by atoms with Gasteiger partial charge in [0.05, 0.1) is 54.4 Å². The summed E-state index contributed by atoms with van der Waals surface area (Å²) in [6.45, 7) is 0.728. The van der Waals surface area contributed by atoms with Gasteiger partial charge in [-0.3, -0.25) is 18.5 Å². The Kier molecular flexibility index (Phi) is 9.95. The van der Waals surface area contributed by atoms with Crippen LogP contribution in [-0.2, 0) is 28.6 Å². The monoisotopic (exact) mass is 502 g/mol. The van der Waals surface area contributed by atoms with Crippen LogP contribution in [0, 0.1) is 10.1 Å². The molecule has 0 aliphatic heterocycles. The predicted octanol–water partition coefficient (Wildman–Crippen LogP) is 1.10. The number of carbonyl (C=O) groups is 1. The van der Waals surface area contributed by atoms with E-state index in [4.69, 9.17) is 12.5 Å². The third-order valence-corrected chi connectivity index (χ3v) is 5.15. The van der Waals surface area contributed by atoms with Crippen molar-refractivity contribution < 1.29 is 44.2 Å². The molecule has 0 atom stereocenters. The average molecular weight is 503 g/mol. The minimum atomic E-state index is -3.78. The highest BCUT2D eigenvalue weighted by Crippen LogP contribution is 2.37. The largest absolute Gasteiger partial charge is 0.477 e. The van der Waals surface area contributed by atoms with Crippen LogP contribution in [0.25, 0.3) is 0 Å². The highest BCUT2D eigenvalue weighted by atomic mass is 32.2. The Morgan fingerprint density at radius 1 is 1.13 bits per heavy atom. The summed E-state index contributed by atoms with van der Waals surface area (Å²) in [7, 11) is -7.56.